The van der Waals surface area contributed by atoms with Gasteiger partial charge in [-0.2, -0.15) is 0 Å². The molecule has 14 heteroatoms. The molecule has 0 saturated heterocycles. The lowest BCUT2D eigenvalue weighted by Gasteiger charge is -2.34. The van der Waals surface area contributed by atoms with Gasteiger partial charge in [0.2, 0.25) is 0 Å². The molecule has 4 aromatic carbocycles. The molecule has 5 rings (SSSR count). The van der Waals surface area contributed by atoms with Gasteiger partial charge in [-0.1, -0.05) is 23.7 Å². The van der Waals surface area contributed by atoms with Gasteiger partial charge in [-0.05, 0) is 72.8 Å². The zero-order valence-corrected chi connectivity index (χ0v) is 25.2. The third-order valence-electron chi connectivity index (χ3n) is 6.51. The molecule has 0 spiro atoms. The molecule has 1 aliphatic heterocycles. The number of carbonyl (C=O) groups is 1. The maximum atomic E-state index is 13.5. The van der Waals surface area contributed by atoms with E-state index >= 15 is 0 Å². The van der Waals surface area contributed by atoms with Crippen molar-refractivity contribution in [2.45, 2.75) is 15.9 Å². The van der Waals surface area contributed by atoms with Crippen molar-refractivity contribution in [3.05, 3.63) is 96.0 Å². The highest BCUT2D eigenvalue weighted by Crippen LogP contribution is 2.37. The maximum absolute atomic E-state index is 13.5. The SMILES string of the molecule is COc1ccc(OC)c(NS(=O)(=O)c2ccc(NC(=O)[C@@H]3CN(S(=O)(=O)c4ccc(Cl)cc4)c4ccccc4O3)cc2)c1. The molecule has 0 fully saturated rings. The van der Waals surface area contributed by atoms with Crippen molar-refractivity contribution in [3.8, 4) is 17.2 Å². The Morgan fingerprint density at radius 2 is 1.56 bits per heavy atom. The van der Waals surface area contributed by atoms with Crippen LogP contribution in [0.1, 0.15) is 0 Å². The maximum Gasteiger partial charge on any atom is 0.267 e. The number of methoxy groups -OCH3 is 2. The minimum Gasteiger partial charge on any atom is -0.497 e. The molecule has 2 N–H and O–H groups in total. The van der Waals surface area contributed by atoms with Crippen LogP contribution in [-0.4, -0.2) is 49.6 Å². The highest BCUT2D eigenvalue weighted by atomic mass is 35.5. The van der Waals surface area contributed by atoms with Crippen LogP contribution in [0.3, 0.4) is 0 Å². The molecule has 1 heterocycles. The van der Waals surface area contributed by atoms with E-state index in [0.717, 1.165) is 4.31 Å². The van der Waals surface area contributed by atoms with Gasteiger partial charge in [0.1, 0.15) is 17.2 Å². The molecule has 11 nitrogen and oxygen atoms in total. The molecule has 0 aliphatic carbocycles. The van der Waals surface area contributed by atoms with Gasteiger partial charge >= 0.3 is 0 Å². The van der Waals surface area contributed by atoms with Gasteiger partial charge in [0.05, 0.1) is 41.9 Å². The number of nitrogens with zero attached hydrogens (tertiary/aromatic N) is 1. The second-order valence-electron chi connectivity index (χ2n) is 9.25. The molecule has 0 aromatic heterocycles. The Balaban J connectivity index is 1.34. The Labute approximate surface area is 254 Å². The van der Waals surface area contributed by atoms with Gasteiger partial charge in [0.25, 0.3) is 26.0 Å². The number of ether oxygens (including phenoxy) is 3. The number of carbonyl (C=O) groups excluding carboxylic acids is 1. The fraction of sp³-hybridized carbons (Fsp3) is 0.138. The first kappa shape index (κ1) is 30.0. The van der Waals surface area contributed by atoms with Crippen LogP contribution in [0.4, 0.5) is 17.1 Å². The van der Waals surface area contributed by atoms with Crippen LogP contribution in [0.25, 0.3) is 0 Å². The van der Waals surface area contributed by atoms with Gasteiger partial charge in [0, 0.05) is 16.8 Å². The summed E-state index contributed by atoms with van der Waals surface area (Å²) in [6, 6.07) is 22.4. The third kappa shape index (κ3) is 6.33. The number of hydrogen-bond acceptors (Lipinski definition) is 8. The number of sulfonamides is 2. The quantitative estimate of drug-likeness (QED) is 0.266. The summed E-state index contributed by atoms with van der Waals surface area (Å²) in [7, 11) is -5.22. The van der Waals surface area contributed by atoms with E-state index in [9.17, 15) is 21.6 Å². The molecule has 0 bridgehead atoms. The molecule has 0 saturated carbocycles. The monoisotopic (exact) mass is 643 g/mol. The van der Waals surface area contributed by atoms with Crippen LogP contribution in [0.2, 0.25) is 5.02 Å². The first-order valence-electron chi connectivity index (χ1n) is 12.7. The molecular weight excluding hydrogens is 618 g/mol. The summed E-state index contributed by atoms with van der Waals surface area (Å²) in [6.07, 6.45) is -1.21. The smallest absolute Gasteiger partial charge is 0.267 e. The van der Waals surface area contributed by atoms with Gasteiger partial charge < -0.3 is 19.5 Å². The second kappa shape index (κ2) is 12.0. The van der Waals surface area contributed by atoms with Crippen LogP contribution >= 0.6 is 11.6 Å². The zero-order chi connectivity index (χ0) is 30.8. The summed E-state index contributed by atoms with van der Waals surface area (Å²) in [5, 5.41) is 3.05. The molecule has 4 aromatic rings. The van der Waals surface area contributed by atoms with Crippen molar-refractivity contribution in [1.82, 2.24) is 0 Å². The molecule has 0 unspecified atom stereocenters. The molecule has 1 amide bonds. The number of rotatable bonds is 9. The van der Waals surface area contributed by atoms with Crippen molar-refractivity contribution < 1.29 is 35.8 Å². The molecule has 0 radical (unpaired) electrons. The summed E-state index contributed by atoms with van der Waals surface area (Å²) < 4.78 is 73.0. The van der Waals surface area contributed by atoms with Crippen molar-refractivity contribution in [2.24, 2.45) is 0 Å². The van der Waals surface area contributed by atoms with Crippen LogP contribution in [0.15, 0.2) is 101 Å². The lowest BCUT2D eigenvalue weighted by atomic mass is 10.2. The van der Waals surface area contributed by atoms with E-state index < -0.39 is 32.1 Å². The lowest BCUT2D eigenvalue weighted by molar-refractivity contribution is -0.122. The highest BCUT2D eigenvalue weighted by molar-refractivity contribution is 7.93. The predicted octanol–water partition coefficient (Wildman–Crippen LogP) is 4.75. The van der Waals surface area contributed by atoms with E-state index in [-0.39, 0.29) is 39.1 Å². The van der Waals surface area contributed by atoms with Crippen LogP contribution in [0.5, 0.6) is 17.2 Å². The minimum absolute atomic E-state index is 0.00438. The highest BCUT2D eigenvalue weighted by Gasteiger charge is 2.37. The summed E-state index contributed by atoms with van der Waals surface area (Å²) in [5.41, 5.74) is 0.751. The number of anilines is 3. The van der Waals surface area contributed by atoms with E-state index in [1.165, 1.54) is 68.8 Å². The van der Waals surface area contributed by atoms with Gasteiger partial charge in [-0.15, -0.1) is 0 Å². The number of para-hydroxylation sites is 2. The first-order chi connectivity index (χ1) is 20.5. The van der Waals surface area contributed by atoms with E-state index in [1.807, 2.05) is 0 Å². The Bertz CT molecular complexity index is 1870. The summed E-state index contributed by atoms with van der Waals surface area (Å²) in [5.74, 6) is 0.325. The fourth-order valence-electron chi connectivity index (χ4n) is 4.34. The number of benzene rings is 4. The summed E-state index contributed by atoms with van der Waals surface area (Å²) in [6.45, 7) is -0.299. The Kier molecular flexibility index (Phi) is 8.40. The Morgan fingerprint density at radius 3 is 2.23 bits per heavy atom. The predicted molar refractivity (Wildman–Crippen MR) is 162 cm³/mol. The van der Waals surface area contributed by atoms with Crippen LogP contribution in [0, 0.1) is 0 Å². The summed E-state index contributed by atoms with van der Waals surface area (Å²) >= 11 is 5.94. The number of nitrogens with one attached hydrogen (secondary N) is 2. The van der Waals surface area contributed by atoms with E-state index in [2.05, 4.69) is 10.0 Å². The largest absolute Gasteiger partial charge is 0.497 e. The standard InChI is InChI=1S/C29H26ClN3O8S2/c1-39-21-11-16-26(40-2)24(17-21)32-42(35,36)22-14-9-20(10-15-22)31-29(34)28-18-33(25-5-3-4-6-27(25)41-28)43(37,38)23-12-7-19(30)8-13-23/h3-17,28,32H,18H2,1-2H3,(H,31,34)/t28-/m0/s1. The van der Waals surface area contributed by atoms with Gasteiger partial charge in [-0.25, -0.2) is 16.8 Å². The van der Waals surface area contributed by atoms with Crippen molar-refractivity contribution in [2.75, 3.05) is 35.1 Å². The molecule has 1 aliphatic rings. The molecular formula is C29H26ClN3O8S2. The van der Waals surface area contributed by atoms with E-state index in [0.29, 0.717) is 16.5 Å². The zero-order valence-electron chi connectivity index (χ0n) is 22.9. The number of hydrogen-bond donors (Lipinski definition) is 2. The van der Waals surface area contributed by atoms with Crippen LogP contribution in [-0.2, 0) is 24.8 Å². The second-order valence-corrected chi connectivity index (χ2v) is 13.2. The van der Waals surface area contributed by atoms with Crippen molar-refractivity contribution in [3.63, 3.8) is 0 Å². The fourth-order valence-corrected chi connectivity index (χ4v) is 7.00. The van der Waals surface area contributed by atoms with E-state index in [4.69, 9.17) is 25.8 Å². The minimum atomic E-state index is -4.06. The van der Waals surface area contributed by atoms with Crippen molar-refractivity contribution >= 4 is 54.6 Å². The van der Waals surface area contributed by atoms with E-state index in [1.54, 1.807) is 36.4 Å². The average Bonchev–Trinajstić information content (AvgIpc) is 3.00. The number of fused-ring (bicyclic) bond motifs is 1. The molecule has 43 heavy (non-hydrogen) atoms. The van der Waals surface area contributed by atoms with Gasteiger partial charge in [-0.3, -0.25) is 13.8 Å². The topological polar surface area (TPSA) is 140 Å². The Morgan fingerprint density at radius 1 is 0.884 bits per heavy atom. The number of amides is 1. The first-order valence-corrected chi connectivity index (χ1v) is 16.0. The lowest BCUT2D eigenvalue weighted by Crippen LogP contribution is -2.48. The average molecular weight is 644 g/mol. The summed E-state index contributed by atoms with van der Waals surface area (Å²) in [4.78, 5) is 13.2. The van der Waals surface area contributed by atoms with Crippen molar-refractivity contribution in [1.29, 1.82) is 0 Å². The normalized spacial score (nSPS) is 14.7. The number of halogens is 1. The Hall–Kier alpha value is -4.46. The van der Waals surface area contributed by atoms with Gasteiger partial charge in [0.15, 0.2) is 6.10 Å². The molecule has 224 valence electrons. The third-order valence-corrected chi connectivity index (χ3v) is 9.94. The molecule has 1 atom stereocenters. The van der Waals surface area contributed by atoms with Crippen LogP contribution < -0.4 is 28.6 Å².